The average Bonchev–Trinajstić information content (AvgIpc) is 3.35. The van der Waals surface area contributed by atoms with Crippen LogP contribution in [-0.4, -0.2) is 48.9 Å². The van der Waals surface area contributed by atoms with Crippen molar-refractivity contribution in [3.8, 4) is 0 Å². The van der Waals surface area contributed by atoms with Crippen LogP contribution in [0, 0.1) is 0 Å². The van der Waals surface area contributed by atoms with Gasteiger partial charge in [-0.25, -0.2) is 13.2 Å². The number of rotatable bonds is 6. The molecule has 2 heterocycles. The highest BCUT2D eigenvalue weighted by atomic mass is 32.2. The van der Waals surface area contributed by atoms with Gasteiger partial charge in [0.05, 0.1) is 7.11 Å². The number of nitrogens with one attached hydrogen (secondary N) is 1. The van der Waals surface area contributed by atoms with E-state index in [1.807, 2.05) is 24.3 Å². The number of amides is 1. The summed E-state index contributed by atoms with van der Waals surface area (Å²) in [7, 11) is -1.14. The lowest BCUT2D eigenvalue weighted by Crippen LogP contribution is -2.43. The first kappa shape index (κ1) is 22.0. The number of hydrogen-bond donors (Lipinski definition) is 1. The number of carbonyl (C=O) groups is 2. The molecule has 1 aliphatic rings. The second-order valence-corrected chi connectivity index (χ2v) is 9.59. The lowest BCUT2D eigenvalue weighted by Gasteiger charge is -2.23. The molecule has 0 spiro atoms. The smallest absolute Gasteiger partial charge is 0.354 e. The van der Waals surface area contributed by atoms with E-state index in [0.717, 1.165) is 5.56 Å². The van der Waals surface area contributed by atoms with Gasteiger partial charge in [0.1, 0.15) is 16.6 Å². The van der Waals surface area contributed by atoms with Crippen molar-refractivity contribution in [2.24, 2.45) is 7.05 Å². The number of methoxy groups -OCH3 is 1. The van der Waals surface area contributed by atoms with E-state index in [0.29, 0.717) is 24.4 Å². The first-order valence-corrected chi connectivity index (χ1v) is 11.3. The minimum Gasteiger partial charge on any atom is -0.464 e. The molecule has 9 heteroatoms. The number of aryl methyl sites for hydroxylation is 1. The molecule has 0 radical (unpaired) electrons. The number of hydrogen-bond acceptors (Lipinski definition) is 5. The summed E-state index contributed by atoms with van der Waals surface area (Å²) in [5.74, 6) is -0.608. The van der Waals surface area contributed by atoms with Crippen LogP contribution in [-0.2, 0) is 26.6 Å². The van der Waals surface area contributed by atoms with E-state index in [9.17, 15) is 18.0 Å². The van der Waals surface area contributed by atoms with Gasteiger partial charge in [0, 0.05) is 25.5 Å². The molecule has 1 amide bonds. The Bertz CT molecular complexity index is 1040. The highest BCUT2D eigenvalue weighted by molar-refractivity contribution is 7.89. The molecule has 1 aromatic heterocycles. The molecule has 2 aromatic rings. The fourth-order valence-corrected chi connectivity index (χ4v) is 5.31. The molecule has 30 heavy (non-hydrogen) atoms. The molecule has 1 fully saturated rings. The molecule has 0 bridgehead atoms. The Morgan fingerprint density at radius 3 is 2.47 bits per heavy atom. The van der Waals surface area contributed by atoms with E-state index in [1.54, 1.807) is 7.05 Å². The van der Waals surface area contributed by atoms with E-state index >= 15 is 0 Å². The van der Waals surface area contributed by atoms with Gasteiger partial charge < -0.3 is 14.6 Å². The van der Waals surface area contributed by atoms with Crippen LogP contribution in [0.5, 0.6) is 0 Å². The van der Waals surface area contributed by atoms with Crippen LogP contribution in [0.4, 0.5) is 5.69 Å². The number of benzene rings is 1. The molecule has 1 saturated heterocycles. The number of anilines is 1. The molecule has 8 nitrogen and oxygen atoms in total. The fraction of sp³-hybridized carbons (Fsp3) is 0.429. The lowest BCUT2D eigenvalue weighted by atomic mass is 10.0. The van der Waals surface area contributed by atoms with Gasteiger partial charge in [0.2, 0.25) is 15.9 Å². The molecule has 3 rings (SSSR count). The summed E-state index contributed by atoms with van der Waals surface area (Å²) >= 11 is 0. The van der Waals surface area contributed by atoms with E-state index in [1.165, 1.54) is 28.2 Å². The number of nitrogens with zero attached hydrogens (tertiary/aromatic N) is 2. The van der Waals surface area contributed by atoms with Crippen molar-refractivity contribution in [3.05, 3.63) is 47.8 Å². The van der Waals surface area contributed by atoms with Gasteiger partial charge in [0.25, 0.3) is 0 Å². The predicted molar refractivity (Wildman–Crippen MR) is 113 cm³/mol. The molecular weight excluding hydrogens is 406 g/mol. The van der Waals surface area contributed by atoms with E-state index in [2.05, 4.69) is 23.9 Å². The van der Waals surface area contributed by atoms with Gasteiger partial charge in [-0.2, -0.15) is 4.31 Å². The molecule has 1 aliphatic heterocycles. The van der Waals surface area contributed by atoms with Crippen molar-refractivity contribution in [3.63, 3.8) is 0 Å². The molecule has 1 aromatic carbocycles. The summed E-state index contributed by atoms with van der Waals surface area (Å²) in [5.41, 5.74) is 1.91. The summed E-state index contributed by atoms with van der Waals surface area (Å²) in [6.07, 6.45) is 2.38. The highest BCUT2D eigenvalue weighted by Crippen LogP contribution is 2.28. The van der Waals surface area contributed by atoms with Crippen LogP contribution in [0.3, 0.4) is 0 Å². The van der Waals surface area contributed by atoms with Gasteiger partial charge in [-0.3, -0.25) is 4.79 Å². The Hall–Kier alpha value is -2.65. The monoisotopic (exact) mass is 433 g/mol. The van der Waals surface area contributed by atoms with Gasteiger partial charge in [0.15, 0.2) is 0 Å². The summed E-state index contributed by atoms with van der Waals surface area (Å²) in [4.78, 5) is 24.6. The predicted octanol–water partition coefficient (Wildman–Crippen LogP) is 2.73. The normalized spacial score (nSPS) is 17.3. The SMILES string of the molecule is COC(=O)c1cc(S(=O)(=O)N2CCC[C@H]2C(=O)Nc2ccc(C(C)C)cc2)cn1C. The van der Waals surface area contributed by atoms with Crippen molar-refractivity contribution in [2.75, 3.05) is 19.0 Å². The maximum Gasteiger partial charge on any atom is 0.354 e. The quantitative estimate of drug-likeness (QED) is 0.707. The van der Waals surface area contributed by atoms with Crippen molar-refractivity contribution >= 4 is 27.6 Å². The third-order valence-electron chi connectivity index (χ3n) is 5.33. The van der Waals surface area contributed by atoms with Gasteiger partial charge in [-0.05, 0) is 42.5 Å². The number of aromatic nitrogens is 1. The third kappa shape index (κ3) is 4.27. The largest absolute Gasteiger partial charge is 0.464 e. The fourth-order valence-electron chi connectivity index (χ4n) is 3.58. The standard InChI is InChI=1S/C21H27N3O5S/c1-14(2)15-7-9-16(10-8-15)22-20(25)18-6-5-11-24(18)30(27,28)17-12-19(21(26)29-4)23(3)13-17/h7-10,12-14,18H,5-6,11H2,1-4H3,(H,22,25)/t18-/m0/s1. The van der Waals surface area contributed by atoms with E-state index < -0.39 is 22.0 Å². The van der Waals surface area contributed by atoms with Crippen LogP contribution in [0.2, 0.25) is 0 Å². The number of ether oxygens (including phenoxy) is 1. The van der Waals surface area contributed by atoms with Gasteiger partial charge in [-0.1, -0.05) is 26.0 Å². The minimum absolute atomic E-state index is 0.0358. The molecule has 0 aliphatic carbocycles. The van der Waals surface area contributed by atoms with Crippen molar-refractivity contribution in [2.45, 2.75) is 43.5 Å². The Kier molecular flexibility index (Phi) is 6.33. The second-order valence-electron chi connectivity index (χ2n) is 7.70. The Morgan fingerprint density at radius 2 is 1.87 bits per heavy atom. The summed E-state index contributed by atoms with van der Waals surface area (Å²) < 4.78 is 33.7. The van der Waals surface area contributed by atoms with E-state index in [4.69, 9.17) is 0 Å². The first-order chi connectivity index (χ1) is 14.1. The topological polar surface area (TPSA) is 97.7 Å². The molecule has 0 saturated carbocycles. The minimum atomic E-state index is -3.94. The number of esters is 1. The Balaban J connectivity index is 1.80. The van der Waals surface area contributed by atoms with E-state index in [-0.39, 0.29) is 23.0 Å². The van der Waals surface area contributed by atoms with Crippen molar-refractivity contribution in [1.82, 2.24) is 8.87 Å². The highest BCUT2D eigenvalue weighted by Gasteiger charge is 2.40. The summed E-state index contributed by atoms with van der Waals surface area (Å²) in [5, 5.41) is 2.82. The zero-order valence-electron chi connectivity index (χ0n) is 17.6. The summed E-state index contributed by atoms with van der Waals surface area (Å²) in [6, 6.07) is 8.01. The van der Waals surface area contributed by atoms with Crippen LogP contribution in [0.1, 0.15) is 48.7 Å². The molecular formula is C21H27N3O5S. The number of sulfonamides is 1. The van der Waals surface area contributed by atoms with Crippen molar-refractivity contribution < 1.29 is 22.7 Å². The molecule has 162 valence electrons. The lowest BCUT2D eigenvalue weighted by molar-refractivity contribution is -0.119. The van der Waals surface area contributed by atoms with Gasteiger partial charge in [-0.15, -0.1) is 0 Å². The van der Waals surface area contributed by atoms with Crippen LogP contribution in [0.25, 0.3) is 0 Å². The zero-order valence-corrected chi connectivity index (χ0v) is 18.4. The van der Waals surface area contributed by atoms with Crippen LogP contribution < -0.4 is 5.32 Å². The van der Waals surface area contributed by atoms with Crippen molar-refractivity contribution in [1.29, 1.82) is 0 Å². The molecule has 1 atom stereocenters. The average molecular weight is 434 g/mol. The molecule has 1 N–H and O–H groups in total. The Morgan fingerprint density at radius 1 is 1.20 bits per heavy atom. The van der Waals surface area contributed by atoms with Crippen LogP contribution in [0.15, 0.2) is 41.4 Å². The van der Waals surface area contributed by atoms with Crippen LogP contribution >= 0.6 is 0 Å². The Labute approximate surface area is 176 Å². The second kappa shape index (κ2) is 8.61. The zero-order chi connectivity index (χ0) is 22.1. The number of carbonyl (C=O) groups excluding carboxylic acids is 2. The maximum atomic E-state index is 13.2. The summed E-state index contributed by atoms with van der Waals surface area (Å²) in [6.45, 7) is 4.42. The van der Waals surface area contributed by atoms with Gasteiger partial charge >= 0.3 is 5.97 Å². The maximum absolute atomic E-state index is 13.2. The molecule has 0 unspecified atom stereocenters. The third-order valence-corrected chi connectivity index (χ3v) is 7.21. The first-order valence-electron chi connectivity index (χ1n) is 9.82.